The van der Waals surface area contributed by atoms with Crippen molar-refractivity contribution in [2.45, 2.75) is 405 Å². The number of nitriles is 1. The Balaban J connectivity index is -0.000000394. The number of nitrogens with one attached hydrogen (secondary N) is 1. The van der Waals surface area contributed by atoms with E-state index in [1.54, 1.807) is 20.9 Å². The molecule has 10 saturated carbocycles. The Labute approximate surface area is 727 Å². The number of rotatable bonds is 18. The minimum Gasteiger partial charge on any atom is -0.396 e. The van der Waals surface area contributed by atoms with Crippen LogP contribution in [0.15, 0.2) is 0 Å². The molecule has 704 valence electrons. The van der Waals surface area contributed by atoms with Crippen LogP contribution in [0.5, 0.6) is 0 Å². The molecule has 3 aliphatic heterocycles. The predicted octanol–water partition coefficient (Wildman–Crippen LogP) is 18.0. The number of hydrogen-bond acceptors (Lipinski definition) is 18. The van der Waals surface area contributed by atoms with Gasteiger partial charge in [0.1, 0.15) is 9.84 Å². The number of aliphatic hydroxyl groups excluding tert-OH is 7. The molecular formula is C94H192FN3O17S2. The van der Waals surface area contributed by atoms with Gasteiger partial charge in [0.2, 0.25) is 11.8 Å². The van der Waals surface area contributed by atoms with Gasteiger partial charge in [0, 0.05) is 111 Å². The zero-order chi connectivity index (χ0) is 93.5. The summed E-state index contributed by atoms with van der Waals surface area (Å²) in [5, 5.41) is 89.2. The molecule has 20 nitrogen and oxygen atoms in total. The van der Waals surface area contributed by atoms with Crippen LogP contribution in [0.4, 0.5) is 4.39 Å². The van der Waals surface area contributed by atoms with Crippen molar-refractivity contribution in [1.82, 2.24) is 5.32 Å². The largest absolute Gasteiger partial charge is 0.396 e. The fraction of sp³-hybridized carbons (Fsp3) is 0.968. The molecule has 10 aliphatic carbocycles. The summed E-state index contributed by atoms with van der Waals surface area (Å²) < 4.78 is 85.9. The van der Waals surface area contributed by atoms with Gasteiger partial charge in [-0.2, -0.15) is 5.26 Å². The summed E-state index contributed by atoms with van der Waals surface area (Å²) in [7, 11) is -1.53. The summed E-state index contributed by atoms with van der Waals surface area (Å²) in [6, 6.07) is 2.22. The van der Waals surface area contributed by atoms with Crippen molar-refractivity contribution < 1.29 is 92.3 Å². The molecule has 13 rings (SSSR count). The van der Waals surface area contributed by atoms with Crippen LogP contribution in [-0.4, -0.2) is 203 Å². The number of ether oxygens (including phenoxy) is 3. The van der Waals surface area contributed by atoms with Crippen molar-refractivity contribution in [3.05, 3.63) is 0 Å². The zero-order valence-corrected chi connectivity index (χ0v) is 79.9. The Morgan fingerprint density at radius 3 is 1.04 bits per heavy atom. The summed E-state index contributed by atoms with van der Waals surface area (Å²) in [6.07, 6.45) is 39.5. The van der Waals surface area contributed by atoms with E-state index in [4.69, 9.17) is 71.9 Å². The third-order valence-electron chi connectivity index (χ3n) is 24.8. The summed E-state index contributed by atoms with van der Waals surface area (Å²) in [4.78, 5) is 21.2. The fourth-order valence-corrected chi connectivity index (χ4v) is 14.5. The van der Waals surface area contributed by atoms with E-state index in [9.17, 15) is 26.6 Å². The van der Waals surface area contributed by atoms with Crippen LogP contribution in [0.2, 0.25) is 0 Å². The minimum atomic E-state index is -2.67. The second kappa shape index (κ2) is 70.2. The molecule has 117 heavy (non-hydrogen) atoms. The monoisotopic (exact) mass is 1720 g/mol. The van der Waals surface area contributed by atoms with Gasteiger partial charge >= 0.3 is 0 Å². The second-order valence-electron chi connectivity index (χ2n) is 36.9. The standard InChI is InChI=1S/C7H13NO.C7H11N.C6H12OS.4C6H12O.C5H9FO.C5H11NO.5C5H10O.2C5H12O.C4H10O2S.CH4/c1-3-7(4-5-7)6(9)8-2;1-2-7(3-4-7)5-6-8;1-3-6(4-5-6)8(2)7;1-5-2-6(3-5)4-7;1-5-2-3-6(7)4-5;1-5-3-2-4-6(5)7;1-2-6(5-7)3-4-6;1-2-5(6)3-7-4-5;1-3-4(2)5(6)7;3*1-4-2-5(6)3-4;2*1-5-2-3-6-4-5;2*1-3-5(2)4-6;1-3-4-7(2,5)6;/h3-5H2,1-2H3,(H,8,9);2-5H2,1H3;3-5H2,1-2H3;3*5-7H,2-4H2,1H3;7H,2-5H2,1H3;2-4H2,1H3;4H,3H2,1-2H3,(H2,6,7);3*4-6H,2-3H2,1H3;2*5H,2-4H2,1H3;2*5-6H,3-4H2,1-2H3;3-4H2,1-2H3;1H4/t;;;;;;;;4-;;;;5-;;2*5-;;/m........0...1.10../s1/i;;;;;;;;;;;;;;2*4D2;;. The average Bonchev–Trinajstić information content (AvgIpc) is 1.66. The fourth-order valence-electron chi connectivity index (χ4n) is 12.6. The van der Waals surface area contributed by atoms with Crippen molar-refractivity contribution in [2.24, 2.45) is 93.0 Å². The van der Waals surface area contributed by atoms with Crippen LogP contribution in [-0.2, 0) is 44.4 Å². The average molecular weight is 1720 g/mol. The van der Waals surface area contributed by atoms with E-state index in [1.807, 2.05) is 47.8 Å². The van der Waals surface area contributed by atoms with Gasteiger partial charge < -0.3 is 71.2 Å². The number of carbonyl (C=O) groups is 2. The molecule has 0 aromatic carbocycles. The Morgan fingerprint density at radius 2 is 0.991 bits per heavy atom. The van der Waals surface area contributed by atoms with Crippen molar-refractivity contribution >= 4 is 32.5 Å². The second-order valence-corrected chi connectivity index (χ2v) is 41.0. The van der Waals surface area contributed by atoms with Crippen molar-refractivity contribution in [3.63, 3.8) is 0 Å². The highest BCUT2D eigenvalue weighted by Crippen LogP contribution is 2.51. The van der Waals surface area contributed by atoms with Gasteiger partial charge in [-0.1, -0.05) is 165 Å². The number of primary amides is 1. The number of sulfone groups is 1. The van der Waals surface area contributed by atoms with E-state index in [0.717, 1.165) is 177 Å². The molecule has 3 heterocycles. The van der Waals surface area contributed by atoms with Gasteiger partial charge in [-0.15, -0.1) is 0 Å². The molecule has 0 spiro atoms. The predicted molar refractivity (Wildman–Crippen MR) is 486 cm³/mol. The van der Waals surface area contributed by atoms with Crippen molar-refractivity contribution in [2.75, 3.05) is 91.3 Å². The maximum Gasteiger partial charge on any atom is 0.225 e. The van der Waals surface area contributed by atoms with E-state index in [1.165, 1.54) is 96.1 Å². The number of carbonyl (C=O) groups excluding carboxylic acids is 2. The molecule has 13 aliphatic rings. The number of amides is 2. The van der Waals surface area contributed by atoms with E-state index < -0.39 is 39.4 Å². The van der Waals surface area contributed by atoms with Crippen LogP contribution in [0.3, 0.4) is 0 Å². The summed E-state index contributed by atoms with van der Waals surface area (Å²) in [5.41, 5.74) is 4.87. The Hall–Kier alpha value is -2.02. The quantitative estimate of drug-likeness (QED) is 0.0607. The topological polar surface area (TPSA) is 357 Å². The van der Waals surface area contributed by atoms with Crippen molar-refractivity contribution in [1.29, 1.82) is 5.26 Å². The first-order chi connectivity index (χ1) is 55.7. The first-order valence-corrected chi connectivity index (χ1v) is 49.2. The van der Waals surface area contributed by atoms with Crippen LogP contribution in [0.1, 0.15) is 370 Å². The molecule has 0 aromatic rings. The molecule has 23 heteroatoms. The van der Waals surface area contributed by atoms with E-state index in [-0.39, 0.29) is 77.7 Å². The van der Waals surface area contributed by atoms with E-state index in [2.05, 4.69) is 99.2 Å². The van der Waals surface area contributed by atoms with Crippen LogP contribution >= 0.6 is 0 Å². The lowest BCUT2D eigenvalue weighted by molar-refractivity contribution is -0.130. The molecule has 3 saturated heterocycles. The Kier molecular flexibility index (Phi) is 69.0. The van der Waals surface area contributed by atoms with Gasteiger partial charge in [0.05, 0.1) is 55.3 Å². The molecular weight excluding hydrogens is 1530 g/mol. The number of nitrogens with zero attached hydrogens (tertiary/aromatic N) is 1. The summed E-state index contributed by atoms with van der Waals surface area (Å²) in [6.45, 7) is 41.8. The molecule has 0 bridgehead atoms. The number of nitrogens with two attached hydrogens (primary N) is 1. The van der Waals surface area contributed by atoms with Crippen LogP contribution < -0.4 is 11.1 Å². The number of alkyl halides is 1. The van der Waals surface area contributed by atoms with E-state index >= 15 is 0 Å². The highest BCUT2D eigenvalue weighted by Gasteiger charge is 2.47. The summed E-state index contributed by atoms with van der Waals surface area (Å²) in [5.74, 6) is 6.75. The zero-order valence-electron chi connectivity index (χ0n) is 82.2. The van der Waals surface area contributed by atoms with Crippen molar-refractivity contribution in [3.8, 4) is 6.07 Å². The first-order valence-electron chi connectivity index (χ1n) is 47.5. The first kappa shape index (κ1) is 115. The third-order valence-corrected chi connectivity index (χ3v) is 27.8. The van der Waals surface area contributed by atoms with Crippen LogP contribution in [0.25, 0.3) is 0 Å². The maximum absolute atomic E-state index is 12.5. The lowest BCUT2D eigenvalue weighted by Crippen LogP contribution is -2.44. The Morgan fingerprint density at radius 1 is 0.573 bits per heavy atom. The molecule has 6 unspecified atom stereocenters. The normalized spacial score (nSPS) is 29.7. The summed E-state index contributed by atoms with van der Waals surface area (Å²) >= 11 is 0. The SMILES string of the molecule is C.CC1CC(CO)C1.CC1CC(O)C1.CC1CC(O)C1.CC1CC(O)C1.CC1CCC(O)C1.CC1CCCC1O.CC1CCOC1.CCC1(C(=O)NC)CC1.CCC1(CC#N)CC1.CCC1(CO)CC1.CCC1(F)COC1.CCC1(S(C)=O)CC1.CCCS(C)(=O)=O.CC[C@H](C)C(N)=O.C[C@@H]1CCOC1.[2H]C([2H])(O)[C@@H](C)CC.[2H]C([2H])(O)[C@H](C)CC. The molecule has 12 N–H and O–H groups in total. The molecule has 13 fully saturated rings. The number of aliphatic hydroxyl groups is 9. The molecule has 0 aromatic heterocycles. The van der Waals surface area contributed by atoms with Crippen LogP contribution in [0, 0.1) is 98.6 Å². The highest BCUT2D eigenvalue weighted by atomic mass is 32.2. The van der Waals surface area contributed by atoms with Gasteiger partial charge in [-0.05, 0) is 269 Å². The number of hydrogen-bond donors (Lipinski definition) is 11. The van der Waals surface area contributed by atoms with E-state index in [0.29, 0.717) is 74.1 Å². The Bertz CT molecular complexity index is 2560. The molecule has 0 radical (unpaired) electrons. The smallest absolute Gasteiger partial charge is 0.225 e. The highest BCUT2D eigenvalue weighted by molar-refractivity contribution is 7.90. The van der Waals surface area contributed by atoms with Gasteiger partial charge in [-0.25, -0.2) is 12.8 Å². The third kappa shape index (κ3) is 66.2. The minimum absolute atomic E-state index is 0. The van der Waals surface area contributed by atoms with Gasteiger partial charge in [0.25, 0.3) is 0 Å². The lowest BCUT2D eigenvalue weighted by Gasteiger charge is -2.32. The number of halogens is 1. The van der Waals surface area contributed by atoms with Gasteiger partial charge in [0.15, 0.2) is 5.67 Å². The molecule has 10 atom stereocenters. The lowest BCUT2D eigenvalue weighted by atomic mass is 9.77. The molecule has 2 amide bonds. The maximum atomic E-state index is 12.5. The van der Waals surface area contributed by atoms with Gasteiger partial charge in [-0.3, -0.25) is 13.8 Å².